The fourth-order valence-electron chi connectivity index (χ4n) is 2.51. The van der Waals surface area contributed by atoms with Crippen molar-refractivity contribution in [3.05, 3.63) is 12.3 Å². The summed E-state index contributed by atoms with van der Waals surface area (Å²) in [5.74, 6) is 3.12. The Morgan fingerprint density at radius 2 is 2.19 bits per heavy atom. The SMILES string of the molecule is C#CC(CC)(CC)NS(=O)(=O)C1=NNC2=NC=CCC21C. The molecule has 6 nitrogen and oxygen atoms in total. The minimum Gasteiger partial charge on any atom is -0.263 e. The number of rotatable bonds is 4. The molecule has 7 heteroatoms. The van der Waals surface area contributed by atoms with Gasteiger partial charge in [-0.25, -0.2) is 13.4 Å². The van der Waals surface area contributed by atoms with Crippen molar-refractivity contribution < 1.29 is 8.42 Å². The largest absolute Gasteiger partial charge is 0.263 e. The van der Waals surface area contributed by atoms with Crippen LogP contribution < -0.4 is 10.1 Å². The third kappa shape index (κ3) is 2.49. The minimum absolute atomic E-state index is 0.0413. The molecule has 0 saturated carbocycles. The van der Waals surface area contributed by atoms with Crippen LogP contribution in [0, 0.1) is 17.8 Å². The van der Waals surface area contributed by atoms with Crippen molar-refractivity contribution in [3.63, 3.8) is 0 Å². The maximum atomic E-state index is 12.7. The number of nitrogens with zero attached hydrogens (tertiary/aromatic N) is 2. The molecule has 21 heavy (non-hydrogen) atoms. The first kappa shape index (κ1) is 15.7. The predicted molar refractivity (Wildman–Crippen MR) is 84.1 cm³/mol. The first-order chi connectivity index (χ1) is 9.83. The number of hydrazone groups is 1. The Kier molecular flexibility index (Phi) is 3.95. The van der Waals surface area contributed by atoms with Crippen molar-refractivity contribution >= 4 is 20.9 Å². The highest BCUT2D eigenvalue weighted by molar-refractivity contribution is 8.05. The third-order valence-electron chi connectivity index (χ3n) is 4.16. The van der Waals surface area contributed by atoms with Crippen molar-refractivity contribution in [2.75, 3.05) is 0 Å². The zero-order valence-corrected chi connectivity index (χ0v) is 13.3. The summed E-state index contributed by atoms with van der Waals surface area (Å²) in [5.41, 5.74) is 1.06. The van der Waals surface area contributed by atoms with Gasteiger partial charge in [-0.3, -0.25) is 5.43 Å². The zero-order valence-electron chi connectivity index (χ0n) is 12.5. The van der Waals surface area contributed by atoms with Crippen molar-refractivity contribution in [2.45, 2.75) is 45.6 Å². The van der Waals surface area contributed by atoms with E-state index < -0.39 is 21.0 Å². The van der Waals surface area contributed by atoms with Crippen LogP contribution in [0.2, 0.25) is 0 Å². The van der Waals surface area contributed by atoms with Gasteiger partial charge in [0.2, 0.25) is 0 Å². The quantitative estimate of drug-likeness (QED) is 0.769. The lowest BCUT2D eigenvalue weighted by atomic mass is 9.86. The molecule has 0 spiro atoms. The Morgan fingerprint density at radius 1 is 1.52 bits per heavy atom. The van der Waals surface area contributed by atoms with Gasteiger partial charge >= 0.3 is 0 Å². The van der Waals surface area contributed by atoms with E-state index in [0.717, 1.165) is 0 Å². The molecular weight excluding hydrogens is 288 g/mol. The molecule has 1 atom stereocenters. The molecule has 2 rings (SSSR count). The minimum atomic E-state index is -3.80. The van der Waals surface area contributed by atoms with E-state index in [1.54, 1.807) is 6.20 Å². The molecule has 2 aliphatic heterocycles. The third-order valence-corrected chi connectivity index (χ3v) is 5.87. The number of terminal acetylenes is 1. The van der Waals surface area contributed by atoms with Crippen LogP contribution in [0.15, 0.2) is 22.4 Å². The second-order valence-electron chi connectivity index (χ2n) is 5.47. The number of hydrogen-bond acceptors (Lipinski definition) is 5. The normalized spacial score (nSPS) is 24.7. The zero-order chi connectivity index (χ0) is 15.7. The lowest BCUT2D eigenvalue weighted by molar-refractivity contribution is 0.455. The number of sulfonamides is 1. The lowest BCUT2D eigenvalue weighted by Crippen LogP contribution is -2.52. The van der Waals surface area contributed by atoms with Gasteiger partial charge in [0.15, 0.2) is 5.04 Å². The summed E-state index contributed by atoms with van der Waals surface area (Å²) < 4.78 is 28.1. The average molecular weight is 308 g/mol. The molecule has 0 bridgehead atoms. The van der Waals surface area contributed by atoms with Crippen LogP contribution in [0.25, 0.3) is 0 Å². The van der Waals surface area contributed by atoms with E-state index >= 15 is 0 Å². The van der Waals surface area contributed by atoms with Crippen LogP contribution in [0.3, 0.4) is 0 Å². The van der Waals surface area contributed by atoms with E-state index in [4.69, 9.17) is 6.42 Å². The summed E-state index contributed by atoms with van der Waals surface area (Å²) in [4.78, 5) is 4.16. The Hall–Kier alpha value is -1.65. The van der Waals surface area contributed by atoms with E-state index in [0.29, 0.717) is 25.1 Å². The Labute approximate surface area is 125 Å². The number of allylic oxidation sites excluding steroid dienone is 1. The number of hydrogen-bond donors (Lipinski definition) is 2. The monoisotopic (exact) mass is 308 g/mol. The fourth-order valence-corrected chi connectivity index (χ4v) is 4.41. The van der Waals surface area contributed by atoms with Gasteiger partial charge in [0.1, 0.15) is 5.84 Å². The van der Waals surface area contributed by atoms with Gasteiger partial charge in [-0.2, -0.15) is 9.82 Å². The van der Waals surface area contributed by atoms with Crippen molar-refractivity contribution in [3.8, 4) is 12.3 Å². The van der Waals surface area contributed by atoms with Gasteiger partial charge in [0, 0.05) is 6.20 Å². The van der Waals surface area contributed by atoms with Crippen LogP contribution in [-0.4, -0.2) is 24.8 Å². The molecule has 0 aliphatic carbocycles. The lowest BCUT2D eigenvalue weighted by Gasteiger charge is -2.30. The molecule has 0 fully saturated rings. The van der Waals surface area contributed by atoms with Gasteiger partial charge < -0.3 is 0 Å². The molecule has 0 aromatic heterocycles. The van der Waals surface area contributed by atoms with Gasteiger partial charge in [-0.15, -0.1) is 6.42 Å². The van der Waals surface area contributed by atoms with Crippen LogP contribution >= 0.6 is 0 Å². The summed E-state index contributed by atoms with van der Waals surface area (Å²) >= 11 is 0. The molecule has 0 aromatic carbocycles. The van der Waals surface area contributed by atoms with E-state index in [1.165, 1.54) is 0 Å². The van der Waals surface area contributed by atoms with Gasteiger partial charge in [0.05, 0.1) is 11.0 Å². The number of aliphatic imine (C=N–C) groups is 1. The molecule has 2 aliphatic rings. The second-order valence-corrected chi connectivity index (χ2v) is 7.06. The Bertz CT molecular complexity index is 666. The van der Waals surface area contributed by atoms with Crippen molar-refractivity contribution in [1.82, 2.24) is 10.1 Å². The summed E-state index contributed by atoms with van der Waals surface area (Å²) in [5, 5.41) is 4.03. The number of nitrogens with one attached hydrogen (secondary N) is 2. The van der Waals surface area contributed by atoms with E-state index in [1.807, 2.05) is 26.8 Å². The summed E-state index contributed by atoms with van der Waals surface area (Å²) in [6, 6.07) is 0. The average Bonchev–Trinajstić information content (AvgIpc) is 2.82. The molecule has 2 heterocycles. The Morgan fingerprint density at radius 3 is 2.76 bits per heavy atom. The highest BCUT2D eigenvalue weighted by Gasteiger charge is 2.49. The summed E-state index contributed by atoms with van der Waals surface area (Å²) in [6.07, 6.45) is 10.6. The molecule has 2 N–H and O–H groups in total. The van der Waals surface area contributed by atoms with Gasteiger partial charge in [-0.05, 0) is 26.2 Å². The molecule has 0 aromatic rings. The number of amidine groups is 1. The smallest absolute Gasteiger partial charge is 0.258 e. The van der Waals surface area contributed by atoms with Crippen molar-refractivity contribution in [2.24, 2.45) is 15.5 Å². The van der Waals surface area contributed by atoms with Crippen LogP contribution in [0.5, 0.6) is 0 Å². The Balaban J connectivity index is 2.36. The summed E-state index contributed by atoms with van der Waals surface area (Å²) in [6.45, 7) is 5.53. The first-order valence-corrected chi connectivity index (χ1v) is 8.41. The van der Waals surface area contributed by atoms with E-state index in [9.17, 15) is 8.42 Å². The topological polar surface area (TPSA) is 82.9 Å². The maximum Gasteiger partial charge on any atom is 0.258 e. The molecule has 114 valence electrons. The molecule has 0 amide bonds. The molecule has 0 saturated heterocycles. The standard InChI is InChI=1S/C14H20N4O2S/c1-5-14(6-2,7-3)18-21(19,20)12-13(4)9-8-10-15-11(13)16-17-12/h1,8,10,18H,6-7,9H2,2-4H3,(H,15,16). The van der Waals surface area contributed by atoms with Crippen molar-refractivity contribution in [1.29, 1.82) is 0 Å². The first-order valence-electron chi connectivity index (χ1n) is 6.93. The maximum absolute atomic E-state index is 12.7. The number of fused-ring (bicyclic) bond motifs is 1. The van der Waals surface area contributed by atoms with Gasteiger partial charge in [0.25, 0.3) is 10.0 Å². The van der Waals surface area contributed by atoms with E-state index in [-0.39, 0.29) is 5.04 Å². The molecule has 1 unspecified atom stereocenters. The predicted octanol–water partition coefficient (Wildman–Crippen LogP) is 1.34. The second kappa shape index (κ2) is 5.28. The van der Waals surface area contributed by atoms with Crippen LogP contribution in [0.1, 0.15) is 40.0 Å². The highest BCUT2D eigenvalue weighted by atomic mass is 32.2. The molecule has 0 radical (unpaired) electrons. The van der Waals surface area contributed by atoms with E-state index in [2.05, 4.69) is 26.2 Å². The fraction of sp³-hybridized carbons (Fsp3) is 0.571. The van der Waals surface area contributed by atoms with Gasteiger partial charge in [-0.1, -0.05) is 25.8 Å². The summed E-state index contributed by atoms with van der Waals surface area (Å²) in [7, 11) is -3.80. The molecular formula is C14H20N4O2S. The van der Waals surface area contributed by atoms with Crippen LogP contribution in [0.4, 0.5) is 0 Å². The van der Waals surface area contributed by atoms with Crippen LogP contribution in [-0.2, 0) is 10.0 Å². The highest BCUT2D eigenvalue weighted by Crippen LogP contribution is 2.34.